The number of allylic oxidation sites excluding steroid dienone is 1. The van der Waals surface area contributed by atoms with Gasteiger partial charge in [0.1, 0.15) is 5.52 Å². The average molecular weight is 367 g/mol. The molecule has 2 aromatic carbocycles. The summed E-state index contributed by atoms with van der Waals surface area (Å²) in [6.07, 6.45) is 2.86. The Morgan fingerprint density at radius 3 is 2.96 bits per heavy atom. The molecule has 6 nitrogen and oxygen atoms in total. The third kappa shape index (κ3) is 2.89. The zero-order valence-electron chi connectivity index (χ0n) is 13.3. The number of halogens is 1. The summed E-state index contributed by atoms with van der Waals surface area (Å²) in [4.78, 5) is 16.7. The molecule has 1 atom stereocenters. The van der Waals surface area contributed by atoms with Crippen molar-refractivity contribution in [2.75, 3.05) is 6.79 Å². The van der Waals surface area contributed by atoms with Crippen LogP contribution >= 0.6 is 11.6 Å². The molecule has 7 heteroatoms. The number of nitriles is 1. The zero-order chi connectivity index (χ0) is 18.1. The number of rotatable bonds is 4. The van der Waals surface area contributed by atoms with E-state index >= 15 is 0 Å². The fourth-order valence-corrected chi connectivity index (χ4v) is 2.89. The summed E-state index contributed by atoms with van der Waals surface area (Å²) < 4.78 is 16.1. The van der Waals surface area contributed by atoms with E-state index < -0.39 is 11.7 Å². The van der Waals surface area contributed by atoms with Crippen LogP contribution in [0.5, 0.6) is 11.5 Å². The van der Waals surface area contributed by atoms with Crippen LogP contribution in [0.2, 0.25) is 5.02 Å². The number of aromatic nitrogens is 1. The first-order valence-corrected chi connectivity index (χ1v) is 8.09. The van der Waals surface area contributed by atoms with Gasteiger partial charge in [-0.05, 0) is 35.9 Å². The van der Waals surface area contributed by atoms with Gasteiger partial charge in [-0.3, -0.25) is 4.79 Å². The quantitative estimate of drug-likeness (QED) is 0.646. The van der Waals surface area contributed by atoms with Gasteiger partial charge in [0.2, 0.25) is 12.7 Å². The van der Waals surface area contributed by atoms with Crippen LogP contribution in [0.4, 0.5) is 0 Å². The van der Waals surface area contributed by atoms with Crippen molar-refractivity contribution < 1.29 is 18.7 Å². The number of carbonyl (C=O) groups is 1. The Kier molecular flexibility index (Phi) is 4.07. The fraction of sp³-hybridized carbons (Fsp3) is 0.105. The number of carbonyl (C=O) groups excluding carboxylic acids is 1. The highest BCUT2D eigenvalue weighted by Crippen LogP contribution is 2.40. The highest BCUT2D eigenvalue weighted by Gasteiger charge is 2.24. The summed E-state index contributed by atoms with van der Waals surface area (Å²) in [5, 5.41) is 9.77. The van der Waals surface area contributed by atoms with Crippen LogP contribution in [-0.4, -0.2) is 17.6 Å². The maximum absolute atomic E-state index is 12.4. The fourth-order valence-electron chi connectivity index (χ4n) is 2.61. The third-order valence-corrected chi connectivity index (χ3v) is 4.14. The van der Waals surface area contributed by atoms with Crippen molar-refractivity contribution in [3.8, 4) is 17.6 Å². The van der Waals surface area contributed by atoms with Crippen LogP contribution in [0.3, 0.4) is 0 Å². The Morgan fingerprint density at radius 1 is 1.31 bits per heavy atom. The lowest BCUT2D eigenvalue weighted by atomic mass is 10.0. The minimum atomic E-state index is -1.12. The maximum atomic E-state index is 12.4. The molecular weight excluding hydrogens is 356 g/mol. The van der Waals surface area contributed by atoms with Crippen LogP contribution in [0.1, 0.15) is 17.4 Å². The molecular formula is C19H11ClN2O4. The van der Waals surface area contributed by atoms with Crippen LogP contribution < -0.4 is 9.47 Å². The molecule has 0 bridgehead atoms. The van der Waals surface area contributed by atoms with Crippen LogP contribution in [0.15, 0.2) is 46.9 Å². The first-order valence-electron chi connectivity index (χ1n) is 7.72. The first kappa shape index (κ1) is 16.2. The van der Waals surface area contributed by atoms with Crippen molar-refractivity contribution in [3.63, 3.8) is 0 Å². The molecule has 0 amide bonds. The lowest BCUT2D eigenvalue weighted by molar-refractivity contribution is -0.115. The number of para-hydroxylation sites is 2. The standard InChI is InChI=1S/C19H11ClN2O4/c20-13-7-11(8-17-18(13)25-10-24-17)5-6-15(23)12(9-21)19-22-14-3-1-2-4-16(14)26-19/h1-8,12H,10H2/b6-5+. The SMILES string of the molecule is N#CC(C(=O)/C=C/c1cc(Cl)c2c(c1)OCO2)c1nc2ccccc2o1. The molecule has 4 rings (SSSR count). The van der Waals surface area contributed by atoms with E-state index in [4.69, 9.17) is 25.5 Å². The summed E-state index contributed by atoms with van der Waals surface area (Å²) in [7, 11) is 0. The molecule has 3 aromatic rings. The van der Waals surface area contributed by atoms with Crippen molar-refractivity contribution in [2.45, 2.75) is 5.92 Å². The Labute approximate surface area is 153 Å². The van der Waals surface area contributed by atoms with Crippen molar-refractivity contribution in [1.29, 1.82) is 5.26 Å². The lowest BCUT2D eigenvalue weighted by Crippen LogP contribution is -2.08. The van der Waals surface area contributed by atoms with E-state index in [9.17, 15) is 10.1 Å². The predicted molar refractivity (Wildman–Crippen MR) is 94.0 cm³/mol. The molecule has 0 radical (unpaired) electrons. The van der Waals surface area contributed by atoms with Crippen molar-refractivity contribution >= 4 is 34.6 Å². The van der Waals surface area contributed by atoms with E-state index in [0.29, 0.717) is 33.2 Å². The first-order chi connectivity index (χ1) is 12.7. The smallest absolute Gasteiger partial charge is 0.231 e. The minimum absolute atomic E-state index is 0.0760. The van der Waals surface area contributed by atoms with Crippen LogP contribution in [0, 0.1) is 11.3 Å². The van der Waals surface area contributed by atoms with E-state index in [0.717, 1.165) is 0 Å². The summed E-state index contributed by atoms with van der Waals surface area (Å²) >= 11 is 6.12. The van der Waals surface area contributed by atoms with Gasteiger partial charge < -0.3 is 13.9 Å². The summed E-state index contributed by atoms with van der Waals surface area (Å²) in [5.41, 5.74) is 1.78. The van der Waals surface area contributed by atoms with Gasteiger partial charge in [0, 0.05) is 0 Å². The number of nitrogens with zero attached hydrogens (tertiary/aromatic N) is 2. The normalized spacial score (nSPS) is 13.8. The van der Waals surface area contributed by atoms with E-state index in [1.165, 1.54) is 6.08 Å². The second-order valence-electron chi connectivity index (χ2n) is 5.55. The molecule has 2 heterocycles. The van der Waals surface area contributed by atoms with Gasteiger partial charge in [0.05, 0.1) is 11.1 Å². The molecule has 0 saturated carbocycles. The number of hydrogen-bond donors (Lipinski definition) is 0. The monoisotopic (exact) mass is 366 g/mol. The predicted octanol–water partition coefficient (Wildman–Crippen LogP) is 4.10. The molecule has 0 spiro atoms. The van der Waals surface area contributed by atoms with Gasteiger partial charge in [-0.15, -0.1) is 0 Å². The number of oxazole rings is 1. The molecule has 0 N–H and O–H groups in total. The second kappa shape index (κ2) is 6.54. The summed E-state index contributed by atoms with van der Waals surface area (Å²) in [5.74, 6) is -0.486. The van der Waals surface area contributed by atoms with Gasteiger partial charge in [-0.25, -0.2) is 4.98 Å². The molecule has 128 valence electrons. The Hall–Kier alpha value is -3.30. The second-order valence-corrected chi connectivity index (χ2v) is 5.96. The Bertz CT molecular complexity index is 1050. The van der Waals surface area contributed by atoms with E-state index in [2.05, 4.69) is 4.98 Å². The van der Waals surface area contributed by atoms with Gasteiger partial charge in [0.25, 0.3) is 0 Å². The molecule has 1 unspecified atom stereocenters. The number of ether oxygens (including phenoxy) is 2. The van der Waals surface area contributed by atoms with Crippen molar-refractivity contribution in [1.82, 2.24) is 4.98 Å². The highest BCUT2D eigenvalue weighted by molar-refractivity contribution is 6.32. The third-order valence-electron chi connectivity index (χ3n) is 3.86. The molecule has 1 aromatic heterocycles. The molecule has 26 heavy (non-hydrogen) atoms. The van der Waals surface area contributed by atoms with Crippen LogP contribution in [-0.2, 0) is 4.79 Å². The van der Waals surface area contributed by atoms with Gasteiger partial charge in [-0.2, -0.15) is 5.26 Å². The molecule has 0 fully saturated rings. The van der Waals surface area contributed by atoms with Gasteiger partial charge in [0.15, 0.2) is 28.8 Å². The van der Waals surface area contributed by atoms with E-state index in [1.807, 2.05) is 6.07 Å². The summed E-state index contributed by atoms with van der Waals surface area (Å²) in [6.45, 7) is 0.107. The Morgan fingerprint density at radius 2 is 2.15 bits per heavy atom. The number of hydrogen-bond acceptors (Lipinski definition) is 6. The topological polar surface area (TPSA) is 85.4 Å². The minimum Gasteiger partial charge on any atom is -0.454 e. The zero-order valence-corrected chi connectivity index (χ0v) is 14.1. The molecule has 0 saturated heterocycles. The number of fused-ring (bicyclic) bond motifs is 2. The van der Waals surface area contributed by atoms with Gasteiger partial charge in [-0.1, -0.05) is 29.8 Å². The maximum Gasteiger partial charge on any atom is 0.231 e. The largest absolute Gasteiger partial charge is 0.454 e. The number of benzene rings is 2. The van der Waals surface area contributed by atoms with Crippen molar-refractivity contribution in [2.24, 2.45) is 0 Å². The lowest BCUT2D eigenvalue weighted by Gasteiger charge is -2.02. The van der Waals surface area contributed by atoms with E-state index in [1.54, 1.807) is 42.5 Å². The summed E-state index contributed by atoms with van der Waals surface area (Å²) in [6, 6.07) is 12.4. The van der Waals surface area contributed by atoms with Crippen LogP contribution in [0.25, 0.3) is 17.2 Å². The van der Waals surface area contributed by atoms with Gasteiger partial charge >= 0.3 is 0 Å². The Balaban J connectivity index is 1.59. The molecule has 0 aliphatic carbocycles. The molecule has 1 aliphatic rings. The van der Waals surface area contributed by atoms with E-state index in [-0.39, 0.29) is 12.7 Å². The average Bonchev–Trinajstić information content (AvgIpc) is 3.27. The van der Waals surface area contributed by atoms with Crippen molar-refractivity contribution in [3.05, 3.63) is 59.0 Å². The highest BCUT2D eigenvalue weighted by atomic mass is 35.5. The number of ketones is 1. The molecule has 1 aliphatic heterocycles.